The molecular formula is C17H30N2O4. The molecule has 6 nitrogen and oxygen atoms in total. The molecule has 1 saturated heterocycles. The second-order valence-electron chi connectivity index (χ2n) is 6.30. The van der Waals surface area contributed by atoms with Crippen molar-refractivity contribution in [1.29, 1.82) is 0 Å². The Morgan fingerprint density at radius 3 is 2.26 bits per heavy atom. The largest absolute Gasteiger partial charge is 0.481 e. The number of carbonyl (C=O) groups excluding carboxylic acids is 2. The molecule has 1 aliphatic heterocycles. The molecule has 0 aliphatic carbocycles. The summed E-state index contributed by atoms with van der Waals surface area (Å²) in [6, 6.07) is -0.300. The third-order valence-electron chi connectivity index (χ3n) is 4.52. The zero-order chi connectivity index (χ0) is 17.4. The van der Waals surface area contributed by atoms with Crippen molar-refractivity contribution in [3.05, 3.63) is 0 Å². The summed E-state index contributed by atoms with van der Waals surface area (Å²) in [6.45, 7) is 7.89. The topological polar surface area (TPSA) is 77.9 Å². The third kappa shape index (κ3) is 5.52. The van der Waals surface area contributed by atoms with Crippen molar-refractivity contribution in [2.24, 2.45) is 5.92 Å². The number of likely N-dealkylation sites (tertiary alicyclic amines) is 1. The van der Waals surface area contributed by atoms with Gasteiger partial charge in [-0.25, -0.2) is 0 Å². The lowest BCUT2D eigenvalue weighted by Crippen LogP contribution is -2.49. The molecule has 0 radical (unpaired) electrons. The molecule has 23 heavy (non-hydrogen) atoms. The first kappa shape index (κ1) is 19.5. The average molecular weight is 326 g/mol. The first-order valence-corrected chi connectivity index (χ1v) is 8.72. The van der Waals surface area contributed by atoms with Gasteiger partial charge in [0.1, 0.15) is 0 Å². The number of carboxylic acid groups (broad SMARTS) is 1. The number of carboxylic acids is 1. The minimum Gasteiger partial charge on any atom is -0.481 e. The van der Waals surface area contributed by atoms with E-state index in [1.807, 2.05) is 18.7 Å². The molecule has 1 N–H and O–H groups in total. The van der Waals surface area contributed by atoms with Gasteiger partial charge < -0.3 is 14.9 Å². The molecule has 6 heteroatoms. The molecule has 1 fully saturated rings. The summed E-state index contributed by atoms with van der Waals surface area (Å²) in [5, 5.41) is 9.22. The van der Waals surface area contributed by atoms with Crippen LogP contribution in [0.3, 0.4) is 0 Å². The fourth-order valence-electron chi connectivity index (χ4n) is 3.24. The van der Waals surface area contributed by atoms with Gasteiger partial charge in [0.25, 0.3) is 0 Å². The third-order valence-corrected chi connectivity index (χ3v) is 4.52. The molecule has 0 saturated carbocycles. The number of nitrogens with zero attached hydrogens (tertiary/aromatic N) is 2. The fourth-order valence-corrected chi connectivity index (χ4v) is 3.24. The molecule has 0 aromatic rings. The van der Waals surface area contributed by atoms with E-state index < -0.39 is 11.9 Å². The number of hydrogen-bond donors (Lipinski definition) is 1. The highest BCUT2D eigenvalue weighted by Crippen LogP contribution is 2.24. The summed E-state index contributed by atoms with van der Waals surface area (Å²) in [5.41, 5.74) is 0. The van der Waals surface area contributed by atoms with Crippen molar-refractivity contribution in [3.63, 3.8) is 0 Å². The maximum absolute atomic E-state index is 12.4. The summed E-state index contributed by atoms with van der Waals surface area (Å²) in [5.74, 6) is -1.44. The van der Waals surface area contributed by atoms with Crippen molar-refractivity contribution in [1.82, 2.24) is 9.80 Å². The highest BCUT2D eigenvalue weighted by molar-refractivity contribution is 5.84. The van der Waals surface area contributed by atoms with E-state index in [9.17, 15) is 19.5 Å². The molecule has 132 valence electrons. The van der Waals surface area contributed by atoms with Gasteiger partial charge in [-0.1, -0.05) is 13.8 Å². The van der Waals surface area contributed by atoms with Crippen LogP contribution in [0.2, 0.25) is 0 Å². The molecular weight excluding hydrogens is 296 g/mol. The van der Waals surface area contributed by atoms with Crippen LogP contribution in [0.1, 0.15) is 59.3 Å². The van der Waals surface area contributed by atoms with E-state index in [2.05, 4.69) is 0 Å². The molecule has 0 aromatic heterocycles. The van der Waals surface area contributed by atoms with E-state index in [1.165, 1.54) is 0 Å². The maximum Gasteiger partial charge on any atom is 0.308 e. The molecule has 2 amide bonds. The first-order valence-electron chi connectivity index (χ1n) is 8.72. The van der Waals surface area contributed by atoms with Crippen LogP contribution in [0.4, 0.5) is 0 Å². The van der Waals surface area contributed by atoms with Gasteiger partial charge in [-0.2, -0.15) is 0 Å². The lowest BCUT2D eigenvalue weighted by molar-refractivity contribution is -0.149. The van der Waals surface area contributed by atoms with Gasteiger partial charge in [0.2, 0.25) is 11.8 Å². The molecule has 1 heterocycles. The standard InChI is InChI=1S/C17H30N2O4/c1-4-10-18(11-5-2)15(20)8-9-16(21)19-12-6-7-14(13(19)3)17(22)23/h13-14H,4-12H2,1-3H3,(H,22,23)/t13-,14-/m0/s1. The van der Waals surface area contributed by atoms with Gasteiger partial charge in [-0.3, -0.25) is 14.4 Å². The van der Waals surface area contributed by atoms with Crippen molar-refractivity contribution < 1.29 is 19.5 Å². The summed E-state index contributed by atoms with van der Waals surface area (Å²) < 4.78 is 0. The number of carbonyl (C=O) groups is 3. The van der Waals surface area contributed by atoms with Crippen molar-refractivity contribution in [2.75, 3.05) is 19.6 Å². The summed E-state index contributed by atoms with van der Waals surface area (Å²) >= 11 is 0. The predicted molar refractivity (Wildman–Crippen MR) is 87.9 cm³/mol. The van der Waals surface area contributed by atoms with Crippen LogP contribution in [-0.4, -0.2) is 58.4 Å². The van der Waals surface area contributed by atoms with Crippen LogP contribution in [0.5, 0.6) is 0 Å². The van der Waals surface area contributed by atoms with Crippen LogP contribution >= 0.6 is 0 Å². The molecule has 0 spiro atoms. The average Bonchev–Trinajstić information content (AvgIpc) is 2.52. The van der Waals surface area contributed by atoms with Gasteiger partial charge in [0.15, 0.2) is 0 Å². The lowest BCUT2D eigenvalue weighted by Gasteiger charge is -2.37. The van der Waals surface area contributed by atoms with Gasteiger partial charge in [-0.05, 0) is 32.6 Å². The summed E-state index contributed by atoms with van der Waals surface area (Å²) in [4.78, 5) is 39.3. The summed E-state index contributed by atoms with van der Waals surface area (Å²) in [7, 11) is 0. The molecule has 0 unspecified atom stereocenters. The monoisotopic (exact) mass is 326 g/mol. The van der Waals surface area contributed by atoms with E-state index in [-0.39, 0.29) is 30.7 Å². The predicted octanol–water partition coefficient (Wildman–Crippen LogP) is 2.13. The Morgan fingerprint density at radius 1 is 1.13 bits per heavy atom. The van der Waals surface area contributed by atoms with Crippen molar-refractivity contribution in [3.8, 4) is 0 Å². The van der Waals surface area contributed by atoms with Crippen LogP contribution < -0.4 is 0 Å². The van der Waals surface area contributed by atoms with Crippen LogP contribution in [0.15, 0.2) is 0 Å². The highest BCUT2D eigenvalue weighted by atomic mass is 16.4. The van der Waals surface area contributed by atoms with E-state index in [1.54, 1.807) is 11.8 Å². The maximum atomic E-state index is 12.4. The Bertz CT molecular complexity index is 419. The number of rotatable bonds is 8. The van der Waals surface area contributed by atoms with Gasteiger partial charge in [0, 0.05) is 38.5 Å². The zero-order valence-corrected chi connectivity index (χ0v) is 14.6. The van der Waals surface area contributed by atoms with Gasteiger partial charge in [0.05, 0.1) is 5.92 Å². The molecule has 1 aliphatic rings. The Hall–Kier alpha value is -1.59. The Kier molecular flexibility index (Phi) is 8.06. The van der Waals surface area contributed by atoms with E-state index in [0.29, 0.717) is 19.4 Å². The molecule has 1 rings (SSSR count). The smallest absolute Gasteiger partial charge is 0.308 e. The lowest BCUT2D eigenvalue weighted by atomic mass is 9.90. The SMILES string of the molecule is CCCN(CCC)C(=O)CCC(=O)N1CCC[C@H](C(=O)O)[C@@H]1C. The fraction of sp³-hybridized carbons (Fsp3) is 0.824. The van der Waals surface area contributed by atoms with Crippen LogP contribution in [0, 0.1) is 5.92 Å². The Morgan fingerprint density at radius 2 is 1.74 bits per heavy atom. The normalized spacial score (nSPS) is 21.1. The van der Waals surface area contributed by atoms with Gasteiger partial charge >= 0.3 is 5.97 Å². The van der Waals surface area contributed by atoms with E-state index in [0.717, 1.165) is 25.9 Å². The molecule has 0 bridgehead atoms. The molecule has 0 aromatic carbocycles. The summed E-state index contributed by atoms with van der Waals surface area (Å²) in [6.07, 6.45) is 3.50. The Labute approximate surface area is 138 Å². The zero-order valence-electron chi connectivity index (χ0n) is 14.6. The number of amides is 2. The number of aliphatic carboxylic acids is 1. The number of piperidine rings is 1. The second kappa shape index (κ2) is 9.53. The van der Waals surface area contributed by atoms with Crippen molar-refractivity contribution in [2.45, 2.75) is 65.3 Å². The number of hydrogen-bond acceptors (Lipinski definition) is 3. The van der Waals surface area contributed by atoms with Crippen LogP contribution in [0.25, 0.3) is 0 Å². The quantitative estimate of drug-likeness (QED) is 0.741. The Balaban J connectivity index is 2.54. The minimum atomic E-state index is -0.844. The molecule has 2 atom stereocenters. The minimum absolute atomic E-state index is 0.0153. The van der Waals surface area contributed by atoms with E-state index >= 15 is 0 Å². The van der Waals surface area contributed by atoms with Crippen molar-refractivity contribution >= 4 is 17.8 Å². The highest BCUT2D eigenvalue weighted by Gasteiger charge is 2.35. The first-order chi connectivity index (χ1) is 10.9. The van der Waals surface area contributed by atoms with Gasteiger partial charge in [-0.15, -0.1) is 0 Å². The van der Waals surface area contributed by atoms with E-state index in [4.69, 9.17) is 0 Å². The second-order valence-corrected chi connectivity index (χ2v) is 6.30. The van der Waals surface area contributed by atoms with Crippen LogP contribution in [-0.2, 0) is 14.4 Å².